The van der Waals surface area contributed by atoms with Crippen molar-refractivity contribution >= 4 is 21.9 Å². The summed E-state index contributed by atoms with van der Waals surface area (Å²) in [6, 6.07) is 18.1. The van der Waals surface area contributed by atoms with Crippen molar-refractivity contribution in [3.8, 4) is 0 Å². The second-order valence-corrected chi connectivity index (χ2v) is 7.12. The molecule has 2 rings (SSSR count). The second kappa shape index (κ2) is 11.7. The van der Waals surface area contributed by atoms with E-state index < -0.39 is 6.10 Å². The molecule has 2 aromatic carbocycles. The van der Waals surface area contributed by atoms with E-state index in [0.717, 1.165) is 22.1 Å². The van der Waals surface area contributed by atoms with Crippen LogP contribution in [0.3, 0.4) is 0 Å². The molecule has 0 aliphatic carbocycles. The molecule has 2 unspecified atom stereocenters. The van der Waals surface area contributed by atoms with E-state index in [-0.39, 0.29) is 19.2 Å². The van der Waals surface area contributed by atoms with Crippen molar-refractivity contribution in [2.75, 3.05) is 19.7 Å². The number of rotatable bonds is 9. The Balaban J connectivity index is 1.83. The van der Waals surface area contributed by atoms with Gasteiger partial charge in [0.25, 0.3) is 0 Å². The summed E-state index contributed by atoms with van der Waals surface area (Å²) in [7, 11) is 0. The fourth-order valence-electron chi connectivity index (χ4n) is 2.57. The topological polar surface area (TPSA) is 65.9 Å². The quantitative estimate of drug-likeness (QED) is 0.417. The van der Waals surface area contributed by atoms with Gasteiger partial charge in [0.15, 0.2) is 5.96 Å². The highest BCUT2D eigenvalue weighted by atomic mass is 79.9. The molecule has 2 aromatic rings. The number of nitrogens with zero attached hydrogens (tertiary/aromatic N) is 1. The summed E-state index contributed by atoms with van der Waals surface area (Å²) in [4.78, 5) is 4.48. The first-order valence-electron chi connectivity index (χ1n) is 9.19. The molecule has 27 heavy (non-hydrogen) atoms. The van der Waals surface area contributed by atoms with Crippen LogP contribution in [0.1, 0.15) is 31.0 Å². The Morgan fingerprint density at radius 3 is 2.56 bits per heavy atom. The molecule has 0 aromatic heterocycles. The second-order valence-electron chi connectivity index (χ2n) is 6.26. The Morgan fingerprint density at radius 1 is 1.15 bits per heavy atom. The minimum atomic E-state index is -0.650. The molecule has 146 valence electrons. The maximum absolute atomic E-state index is 10.1. The largest absolute Gasteiger partial charge is 0.389 e. The Labute approximate surface area is 170 Å². The van der Waals surface area contributed by atoms with Crippen LogP contribution in [0.5, 0.6) is 0 Å². The van der Waals surface area contributed by atoms with Gasteiger partial charge >= 0.3 is 0 Å². The van der Waals surface area contributed by atoms with Gasteiger partial charge in [0.05, 0.1) is 31.9 Å². The summed E-state index contributed by atoms with van der Waals surface area (Å²) in [5, 5.41) is 16.7. The van der Waals surface area contributed by atoms with Crippen LogP contribution < -0.4 is 10.6 Å². The molecule has 0 saturated carbocycles. The van der Waals surface area contributed by atoms with E-state index >= 15 is 0 Å². The number of nitrogens with one attached hydrogen (secondary N) is 2. The predicted molar refractivity (Wildman–Crippen MR) is 114 cm³/mol. The predicted octanol–water partition coefficient (Wildman–Crippen LogP) is 3.64. The number of hydrogen-bond donors (Lipinski definition) is 3. The lowest BCUT2D eigenvalue weighted by molar-refractivity contribution is 0.0331. The molecule has 3 N–H and O–H groups in total. The van der Waals surface area contributed by atoms with E-state index in [0.29, 0.717) is 12.6 Å². The van der Waals surface area contributed by atoms with Gasteiger partial charge in [-0.1, -0.05) is 64.5 Å². The third kappa shape index (κ3) is 7.71. The summed E-state index contributed by atoms with van der Waals surface area (Å²) in [5.74, 6) is 0.669. The van der Waals surface area contributed by atoms with Gasteiger partial charge < -0.3 is 20.5 Å². The molecule has 6 heteroatoms. The van der Waals surface area contributed by atoms with E-state index in [4.69, 9.17) is 4.74 Å². The molecule has 0 heterocycles. The van der Waals surface area contributed by atoms with Gasteiger partial charge in [0, 0.05) is 11.0 Å². The SMILES string of the molecule is CCNC(=NCC(O)COCc1ccccc1)NC(C)c1ccccc1Br. The fourth-order valence-corrected chi connectivity index (χ4v) is 3.19. The Hall–Kier alpha value is -1.89. The van der Waals surface area contributed by atoms with Gasteiger partial charge in [0.1, 0.15) is 0 Å². The molecule has 0 amide bonds. The third-order valence-corrected chi connectivity index (χ3v) is 4.67. The summed E-state index contributed by atoms with van der Waals surface area (Å²) < 4.78 is 6.62. The monoisotopic (exact) mass is 433 g/mol. The lowest BCUT2D eigenvalue weighted by Gasteiger charge is -2.19. The summed E-state index contributed by atoms with van der Waals surface area (Å²) >= 11 is 3.58. The number of ether oxygens (including phenoxy) is 1. The van der Waals surface area contributed by atoms with Crippen LogP contribution in [-0.4, -0.2) is 36.9 Å². The maximum atomic E-state index is 10.1. The van der Waals surface area contributed by atoms with E-state index in [9.17, 15) is 5.11 Å². The lowest BCUT2D eigenvalue weighted by Crippen LogP contribution is -2.39. The Kier molecular flexibility index (Phi) is 9.31. The lowest BCUT2D eigenvalue weighted by atomic mass is 10.1. The molecule has 0 fully saturated rings. The summed E-state index contributed by atoms with van der Waals surface area (Å²) in [6.45, 7) is 5.84. The zero-order chi connectivity index (χ0) is 19.5. The zero-order valence-corrected chi connectivity index (χ0v) is 17.4. The standard InChI is InChI=1S/C21H28BrN3O2/c1-3-23-21(25-16(2)19-11-7-8-12-20(19)22)24-13-18(26)15-27-14-17-9-5-4-6-10-17/h4-12,16,18,26H,3,13-15H2,1-2H3,(H2,23,24,25). The highest BCUT2D eigenvalue weighted by Crippen LogP contribution is 2.22. The van der Waals surface area contributed by atoms with Crippen molar-refractivity contribution < 1.29 is 9.84 Å². The number of hydrogen-bond acceptors (Lipinski definition) is 3. The molecule has 2 atom stereocenters. The minimum absolute atomic E-state index is 0.0739. The van der Waals surface area contributed by atoms with Crippen molar-refractivity contribution in [1.29, 1.82) is 0 Å². The number of aliphatic hydroxyl groups is 1. The number of guanidine groups is 1. The first kappa shape index (κ1) is 21.4. The number of aliphatic hydroxyl groups excluding tert-OH is 1. The molecular weight excluding hydrogens is 406 g/mol. The van der Waals surface area contributed by atoms with E-state index in [2.05, 4.69) is 44.5 Å². The van der Waals surface area contributed by atoms with Crippen molar-refractivity contribution in [1.82, 2.24) is 10.6 Å². The zero-order valence-electron chi connectivity index (χ0n) is 15.9. The number of halogens is 1. The number of aliphatic imine (C=N–C) groups is 1. The summed E-state index contributed by atoms with van der Waals surface area (Å²) in [5.41, 5.74) is 2.24. The van der Waals surface area contributed by atoms with Gasteiger partial charge in [-0.3, -0.25) is 4.99 Å². The first-order valence-corrected chi connectivity index (χ1v) is 9.98. The van der Waals surface area contributed by atoms with Crippen LogP contribution in [0.2, 0.25) is 0 Å². The van der Waals surface area contributed by atoms with Gasteiger partial charge in [-0.2, -0.15) is 0 Å². The normalized spacial score (nSPS) is 13.9. The summed E-state index contributed by atoms with van der Waals surface area (Å²) in [6.07, 6.45) is -0.650. The van der Waals surface area contributed by atoms with Crippen LogP contribution in [0, 0.1) is 0 Å². The van der Waals surface area contributed by atoms with Crippen molar-refractivity contribution in [3.63, 3.8) is 0 Å². The molecule has 0 saturated heterocycles. The van der Waals surface area contributed by atoms with Crippen LogP contribution >= 0.6 is 15.9 Å². The van der Waals surface area contributed by atoms with Gasteiger partial charge in [-0.15, -0.1) is 0 Å². The molecule has 5 nitrogen and oxygen atoms in total. The van der Waals surface area contributed by atoms with Crippen molar-refractivity contribution in [3.05, 3.63) is 70.2 Å². The minimum Gasteiger partial charge on any atom is -0.389 e. The van der Waals surface area contributed by atoms with Crippen LogP contribution in [0.4, 0.5) is 0 Å². The Bertz CT molecular complexity index is 710. The van der Waals surface area contributed by atoms with E-state index in [1.54, 1.807) is 0 Å². The average molecular weight is 434 g/mol. The van der Waals surface area contributed by atoms with Gasteiger partial charge in [0.2, 0.25) is 0 Å². The van der Waals surface area contributed by atoms with Gasteiger partial charge in [-0.25, -0.2) is 0 Å². The van der Waals surface area contributed by atoms with Crippen LogP contribution in [0.15, 0.2) is 64.1 Å². The molecule has 0 aliphatic heterocycles. The molecule has 0 aliphatic rings. The molecule has 0 radical (unpaired) electrons. The average Bonchev–Trinajstić information content (AvgIpc) is 2.67. The Morgan fingerprint density at radius 2 is 1.85 bits per heavy atom. The van der Waals surface area contributed by atoms with Crippen molar-refractivity contribution in [2.45, 2.75) is 32.6 Å². The number of benzene rings is 2. The fraction of sp³-hybridized carbons (Fsp3) is 0.381. The van der Waals surface area contributed by atoms with E-state index in [1.807, 2.05) is 55.5 Å². The van der Waals surface area contributed by atoms with Gasteiger partial charge in [-0.05, 0) is 31.0 Å². The maximum Gasteiger partial charge on any atom is 0.191 e. The highest BCUT2D eigenvalue weighted by molar-refractivity contribution is 9.10. The molecule has 0 bridgehead atoms. The molecular formula is C21H28BrN3O2. The smallest absolute Gasteiger partial charge is 0.191 e. The van der Waals surface area contributed by atoms with Crippen molar-refractivity contribution in [2.24, 2.45) is 4.99 Å². The highest BCUT2D eigenvalue weighted by Gasteiger charge is 2.11. The molecule has 0 spiro atoms. The van der Waals surface area contributed by atoms with E-state index in [1.165, 1.54) is 0 Å². The first-order chi connectivity index (χ1) is 13.1. The third-order valence-electron chi connectivity index (χ3n) is 3.95. The van der Waals surface area contributed by atoms with Crippen LogP contribution in [0.25, 0.3) is 0 Å². The van der Waals surface area contributed by atoms with Crippen LogP contribution in [-0.2, 0) is 11.3 Å².